The molecular weight excluding hydrogens is 254 g/mol. The topological polar surface area (TPSA) is 123 Å². The fourth-order valence-electron chi connectivity index (χ4n) is 2.12. The van der Waals surface area contributed by atoms with Crippen LogP contribution in [0.3, 0.4) is 0 Å². The lowest BCUT2D eigenvalue weighted by molar-refractivity contribution is -0.143. The Kier molecular flexibility index (Phi) is 3.50. The monoisotopic (exact) mass is 267 g/mol. The lowest BCUT2D eigenvalue weighted by Gasteiger charge is -2.30. The molecular formula is C11H13N3O5. The number of aromatic nitrogens is 2. The molecule has 0 bridgehead atoms. The van der Waals surface area contributed by atoms with E-state index in [4.69, 9.17) is 5.11 Å². The van der Waals surface area contributed by atoms with E-state index in [-0.39, 0.29) is 12.2 Å². The van der Waals surface area contributed by atoms with Crippen LogP contribution < -0.4 is 11.2 Å². The minimum absolute atomic E-state index is 0.0863. The summed E-state index contributed by atoms with van der Waals surface area (Å²) in [7, 11) is 0. The van der Waals surface area contributed by atoms with Crippen LogP contribution in [0.25, 0.3) is 0 Å². The van der Waals surface area contributed by atoms with Crippen LogP contribution in [-0.2, 0) is 4.79 Å². The second kappa shape index (κ2) is 5.09. The van der Waals surface area contributed by atoms with Gasteiger partial charge in [-0.25, -0.2) is 4.79 Å². The number of nitrogens with zero attached hydrogens (tertiary/aromatic N) is 1. The van der Waals surface area contributed by atoms with Gasteiger partial charge >= 0.3 is 11.7 Å². The molecule has 8 heteroatoms. The van der Waals surface area contributed by atoms with Gasteiger partial charge in [0.2, 0.25) is 0 Å². The standard InChI is InChI=1S/C11H13N3O5/c15-8-4-7(12-11(19)13-8)9(16)14-3-1-2-6(5-14)10(17)18/h4,6H,1-3,5H2,(H,17,18)(H2,12,13,15,19)/t6-/m0/s1. The summed E-state index contributed by atoms with van der Waals surface area (Å²) >= 11 is 0. The van der Waals surface area contributed by atoms with Gasteiger partial charge in [-0.05, 0) is 12.8 Å². The highest BCUT2D eigenvalue weighted by molar-refractivity contribution is 5.92. The summed E-state index contributed by atoms with van der Waals surface area (Å²) in [5, 5.41) is 8.95. The number of amides is 1. The van der Waals surface area contributed by atoms with Gasteiger partial charge in [0.15, 0.2) is 0 Å². The third-order valence-electron chi connectivity index (χ3n) is 3.05. The SMILES string of the molecule is O=C(O)[C@H]1CCCN(C(=O)c2cc(=O)[nH]c(=O)[nH]2)C1. The Morgan fingerprint density at radius 1 is 1.32 bits per heavy atom. The number of nitrogens with one attached hydrogen (secondary N) is 2. The maximum atomic E-state index is 12.1. The first-order valence-electron chi connectivity index (χ1n) is 5.83. The highest BCUT2D eigenvalue weighted by Gasteiger charge is 2.29. The van der Waals surface area contributed by atoms with Crippen LogP contribution in [0.5, 0.6) is 0 Å². The first-order chi connectivity index (χ1) is 8.97. The van der Waals surface area contributed by atoms with E-state index in [9.17, 15) is 19.2 Å². The summed E-state index contributed by atoms with van der Waals surface area (Å²) in [6, 6.07) is 0.994. The van der Waals surface area contributed by atoms with E-state index in [0.717, 1.165) is 6.07 Å². The van der Waals surface area contributed by atoms with Gasteiger partial charge in [-0.1, -0.05) is 0 Å². The van der Waals surface area contributed by atoms with Crippen molar-refractivity contribution in [1.29, 1.82) is 0 Å². The van der Waals surface area contributed by atoms with Crippen LogP contribution in [0.4, 0.5) is 0 Å². The highest BCUT2D eigenvalue weighted by atomic mass is 16.4. The van der Waals surface area contributed by atoms with Crippen molar-refractivity contribution in [3.05, 3.63) is 32.6 Å². The number of aromatic amines is 2. The molecule has 1 aliphatic heterocycles. The van der Waals surface area contributed by atoms with Crippen molar-refractivity contribution in [2.75, 3.05) is 13.1 Å². The maximum Gasteiger partial charge on any atom is 0.326 e. The maximum absolute atomic E-state index is 12.1. The van der Waals surface area contributed by atoms with E-state index in [0.29, 0.717) is 19.4 Å². The van der Waals surface area contributed by atoms with Gasteiger partial charge in [-0.2, -0.15) is 0 Å². The van der Waals surface area contributed by atoms with Crippen LogP contribution in [0.1, 0.15) is 23.3 Å². The van der Waals surface area contributed by atoms with Gasteiger partial charge in [0.1, 0.15) is 5.69 Å². The van der Waals surface area contributed by atoms with Crippen LogP contribution >= 0.6 is 0 Å². The normalized spacial score (nSPS) is 19.2. The molecule has 1 aliphatic rings. The number of rotatable bonds is 2. The predicted molar refractivity (Wildman–Crippen MR) is 63.9 cm³/mol. The highest BCUT2D eigenvalue weighted by Crippen LogP contribution is 2.17. The molecule has 0 aliphatic carbocycles. The van der Waals surface area contributed by atoms with Crippen LogP contribution in [0.15, 0.2) is 15.7 Å². The average Bonchev–Trinajstić information content (AvgIpc) is 2.37. The van der Waals surface area contributed by atoms with E-state index in [1.165, 1.54) is 4.90 Å². The Balaban J connectivity index is 2.21. The molecule has 8 nitrogen and oxygen atoms in total. The zero-order chi connectivity index (χ0) is 14.0. The first-order valence-corrected chi connectivity index (χ1v) is 5.83. The Hall–Kier alpha value is -2.38. The molecule has 1 aromatic heterocycles. The third-order valence-corrected chi connectivity index (χ3v) is 3.05. The molecule has 102 valence electrons. The van der Waals surface area contributed by atoms with Crippen molar-refractivity contribution in [1.82, 2.24) is 14.9 Å². The number of hydrogen-bond donors (Lipinski definition) is 3. The summed E-state index contributed by atoms with van der Waals surface area (Å²) in [4.78, 5) is 50.8. The Morgan fingerprint density at radius 2 is 2.05 bits per heavy atom. The van der Waals surface area contributed by atoms with Gasteiger partial charge in [-0.3, -0.25) is 19.4 Å². The molecule has 1 saturated heterocycles. The van der Waals surface area contributed by atoms with Crippen LogP contribution in [-0.4, -0.2) is 44.9 Å². The van der Waals surface area contributed by atoms with Gasteiger partial charge in [0.05, 0.1) is 5.92 Å². The van der Waals surface area contributed by atoms with Crippen molar-refractivity contribution in [2.24, 2.45) is 5.92 Å². The second-order valence-electron chi connectivity index (χ2n) is 4.43. The Bertz CT molecular complexity index is 589. The second-order valence-corrected chi connectivity index (χ2v) is 4.43. The molecule has 2 rings (SSSR count). The Morgan fingerprint density at radius 3 is 2.68 bits per heavy atom. The first kappa shape index (κ1) is 13.1. The van der Waals surface area contributed by atoms with E-state index in [1.807, 2.05) is 4.98 Å². The molecule has 2 heterocycles. The van der Waals surface area contributed by atoms with E-state index < -0.39 is 29.0 Å². The zero-order valence-corrected chi connectivity index (χ0v) is 10.0. The molecule has 1 atom stereocenters. The van der Waals surface area contributed by atoms with Crippen molar-refractivity contribution in [3.63, 3.8) is 0 Å². The fraction of sp³-hybridized carbons (Fsp3) is 0.455. The van der Waals surface area contributed by atoms with Crippen molar-refractivity contribution < 1.29 is 14.7 Å². The lowest BCUT2D eigenvalue weighted by Crippen LogP contribution is -2.43. The number of carboxylic acids is 1. The minimum Gasteiger partial charge on any atom is -0.481 e. The molecule has 19 heavy (non-hydrogen) atoms. The number of carbonyl (C=O) groups excluding carboxylic acids is 1. The number of piperidine rings is 1. The molecule has 0 radical (unpaired) electrons. The fourth-order valence-corrected chi connectivity index (χ4v) is 2.12. The number of carbonyl (C=O) groups is 2. The third kappa shape index (κ3) is 2.90. The minimum atomic E-state index is -0.947. The molecule has 1 amide bonds. The zero-order valence-electron chi connectivity index (χ0n) is 10.0. The number of likely N-dealkylation sites (tertiary alicyclic amines) is 1. The molecule has 0 spiro atoms. The van der Waals surface area contributed by atoms with E-state index >= 15 is 0 Å². The lowest BCUT2D eigenvalue weighted by atomic mass is 9.98. The number of aliphatic carboxylic acids is 1. The van der Waals surface area contributed by atoms with E-state index in [1.54, 1.807) is 0 Å². The summed E-state index contributed by atoms with van der Waals surface area (Å²) in [6.07, 6.45) is 1.10. The van der Waals surface area contributed by atoms with Crippen molar-refractivity contribution in [3.8, 4) is 0 Å². The van der Waals surface area contributed by atoms with Crippen LogP contribution in [0.2, 0.25) is 0 Å². The van der Waals surface area contributed by atoms with Gasteiger partial charge in [-0.15, -0.1) is 0 Å². The largest absolute Gasteiger partial charge is 0.481 e. The molecule has 1 fully saturated rings. The van der Waals surface area contributed by atoms with Crippen molar-refractivity contribution >= 4 is 11.9 Å². The Labute approximate surface area is 107 Å². The molecule has 0 unspecified atom stereocenters. The van der Waals surface area contributed by atoms with Crippen LogP contribution in [0, 0.1) is 5.92 Å². The molecule has 0 saturated carbocycles. The summed E-state index contributed by atoms with van der Waals surface area (Å²) in [5.41, 5.74) is -1.55. The summed E-state index contributed by atoms with van der Waals surface area (Å²) in [6.45, 7) is 0.500. The number of carboxylic acid groups (broad SMARTS) is 1. The van der Waals surface area contributed by atoms with Gasteiger partial charge < -0.3 is 15.0 Å². The summed E-state index contributed by atoms with van der Waals surface area (Å²) in [5.74, 6) is -2.09. The van der Waals surface area contributed by atoms with Crippen molar-refractivity contribution in [2.45, 2.75) is 12.8 Å². The molecule has 1 aromatic rings. The predicted octanol–water partition coefficient (Wildman–Crippen LogP) is -1.000. The molecule has 3 N–H and O–H groups in total. The quantitative estimate of drug-likeness (QED) is 0.634. The molecule has 0 aromatic carbocycles. The van der Waals surface area contributed by atoms with Gasteiger partial charge in [0.25, 0.3) is 11.5 Å². The smallest absolute Gasteiger partial charge is 0.326 e. The van der Waals surface area contributed by atoms with Gasteiger partial charge in [0, 0.05) is 19.2 Å². The summed E-state index contributed by atoms with van der Waals surface area (Å²) < 4.78 is 0. The number of hydrogen-bond acceptors (Lipinski definition) is 4. The average molecular weight is 267 g/mol. The van der Waals surface area contributed by atoms with E-state index in [2.05, 4.69) is 4.98 Å². The number of H-pyrrole nitrogens is 2.